The first-order valence-corrected chi connectivity index (χ1v) is 11.8. The van der Waals surface area contributed by atoms with E-state index in [1.807, 2.05) is 27.0 Å². The smallest absolute Gasteiger partial charge is 0.257 e. The monoisotopic (exact) mass is 454 g/mol. The van der Waals surface area contributed by atoms with Crippen LogP contribution in [-0.2, 0) is 10.0 Å². The molecule has 2 aromatic heterocycles. The lowest BCUT2D eigenvalue weighted by Crippen LogP contribution is -2.46. The van der Waals surface area contributed by atoms with Crippen molar-refractivity contribution in [1.29, 1.82) is 0 Å². The number of pyridine rings is 1. The number of carbonyl (C=O) groups is 1. The van der Waals surface area contributed by atoms with Crippen LogP contribution in [-0.4, -0.2) is 71.5 Å². The summed E-state index contributed by atoms with van der Waals surface area (Å²) in [5.74, 6) is 0.303. The number of nitrogens with zero attached hydrogens (tertiary/aromatic N) is 5. The zero-order chi connectivity index (χ0) is 22.9. The number of hydrogen-bond donors (Lipinski definition) is 1. The molecule has 1 N–H and O–H groups in total. The number of carbonyl (C=O) groups excluding carboxylic acids is 1. The van der Waals surface area contributed by atoms with E-state index >= 15 is 0 Å². The lowest BCUT2D eigenvalue weighted by atomic mass is 10.2. The molecule has 0 saturated carbocycles. The molecule has 1 aliphatic rings. The van der Waals surface area contributed by atoms with Gasteiger partial charge in [-0.2, -0.15) is 9.40 Å². The van der Waals surface area contributed by atoms with Crippen LogP contribution in [0.3, 0.4) is 0 Å². The van der Waals surface area contributed by atoms with Gasteiger partial charge in [-0.1, -0.05) is 0 Å². The Balaban J connectivity index is 1.43. The molecule has 0 spiro atoms. The van der Waals surface area contributed by atoms with Crippen LogP contribution in [0.4, 0.5) is 5.69 Å². The Morgan fingerprint density at radius 3 is 2.25 bits per heavy atom. The number of aryl methyl sites for hydroxylation is 2. The van der Waals surface area contributed by atoms with Gasteiger partial charge in [0, 0.05) is 43.8 Å². The predicted octanol–water partition coefficient (Wildman–Crippen LogP) is 2.07. The van der Waals surface area contributed by atoms with Crippen LogP contribution in [0.5, 0.6) is 0 Å². The maximum Gasteiger partial charge on any atom is 0.257 e. The van der Waals surface area contributed by atoms with Gasteiger partial charge in [-0.15, -0.1) is 0 Å². The average Bonchev–Trinajstić information content (AvgIpc) is 3.12. The first kappa shape index (κ1) is 22.1. The molecule has 3 heterocycles. The summed E-state index contributed by atoms with van der Waals surface area (Å²) in [6.45, 7) is 6.21. The van der Waals surface area contributed by atoms with Gasteiger partial charge in [0.05, 0.1) is 16.2 Å². The fourth-order valence-corrected chi connectivity index (χ4v) is 5.02. The van der Waals surface area contributed by atoms with Gasteiger partial charge < -0.3 is 10.2 Å². The van der Waals surface area contributed by atoms with Gasteiger partial charge in [-0.05, 0) is 63.4 Å². The molecule has 0 bridgehead atoms. The van der Waals surface area contributed by atoms with E-state index in [0.717, 1.165) is 11.4 Å². The van der Waals surface area contributed by atoms with Crippen LogP contribution in [0.1, 0.15) is 21.7 Å². The SMILES string of the molecule is Cc1cc(C)n(-c2ccc(C(=O)Nc3ccc(S(=O)(=O)N4CCN(C)CC4)cc3)cn2)n1. The first-order valence-electron chi connectivity index (χ1n) is 10.3. The summed E-state index contributed by atoms with van der Waals surface area (Å²) in [5, 5.41) is 7.17. The second-order valence-corrected chi connectivity index (χ2v) is 9.87. The summed E-state index contributed by atoms with van der Waals surface area (Å²) in [4.78, 5) is 19.2. The van der Waals surface area contributed by atoms with E-state index in [4.69, 9.17) is 0 Å². The highest BCUT2D eigenvalue weighted by Crippen LogP contribution is 2.20. The lowest BCUT2D eigenvalue weighted by Gasteiger charge is -2.31. The minimum absolute atomic E-state index is 0.218. The molecule has 168 valence electrons. The molecule has 0 radical (unpaired) electrons. The molecule has 0 unspecified atom stereocenters. The quantitative estimate of drug-likeness (QED) is 0.634. The standard InChI is InChI=1S/C22H26N6O3S/c1-16-14-17(2)28(25-16)21-9-4-18(15-23-21)22(29)24-19-5-7-20(8-6-19)32(30,31)27-12-10-26(3)11-13-27/h4-9,14-15H,10-13H2,1-3H3,(H,24,29). The van der Waals surface area contributed by atoms with E-state index in [-0.39, 0.29) is 10.8 Å². The normalized spacial score (nSPS) is 15.6. The van der Waals surface area contributed by atoms with E-state index in [9.17, 15) is 13.2 Å². The fourth-order valence-electron chi connectivity index (χ4n) is 3.60. The predicted molar refractivity (Wildman–Crippen MR) is 121 cm³/mol. The topological polar surface area (TPSA) is 100 Å². The van der Waals surface area contributed by atoms with Crippen LogP contribution in [0.15, 0.2) is 53.6 Å². The van der Waals surface area contributed by atoms with Crippen LogP contribution < -0.4 is 5.32 Å². The van der Waals surface area contributed by atoms with Crippen molar-refractivity contribution in [3.05, 3.63) is 65.6 Å². The minimum atomic E-state index is -3.54. The van der Waals surface area contributed by atoms with Crippen molar-refractivity contribution in [3.8, 4) is 5.82 Å². The van der Waals surface area contributed by atoms with Gasteiger partial charge >= 0.3 is 0 Å². The van der Waals surface area contributed by atoms with Gasteiger partial charge in [-0.3, -0.25) is 4.79 Å². The summed E-state index contributed by atoms with van der Waals surface area (Å²) in [6.07, 6.45) is 1.49. The molecule has 1 aliphatic heterocycles. The Bertz CT molecular complexity index is 1210. The van der Waals surface area contributed by atoms with Gasteiger partial charge in [0.25, 0.3) is 5.91 Å². The van der Waals surface area contributed by atoms with Crippen molar-refractivity contribution in [2.75, 3.05) is 38.5 Å². The summed E-state index contributed by atoms with van der Waals surface area (Å²) in [5.41, 5.74) is 2.75. The largest absolute Gasteiger partial charge is 0.322 e. The van der Waals surface area contributed by atoms with E-state index in [2.05, 4.69) is 20.3 Å². The number of benzene rings is 1. The Kier molecular flexibility index (Phi) is 6.09. The van der Waals surface area contributed by atoms with Crippen molar-refractivity contribution in [2.24, 2.45) is 0 Å². The molecule has 10 heteroatoms. The number of piperazine rings is 1. The summed E-state index contributed by atoms with van der Waals surface area (Å²) in [7, 11) is -1.56. The second kappa shape index (κ2) is 8.81. The number of amides is 1. The Labute approximate surface area is 187 Å². The molecular formula is C22H26N6O3S. The highest BCUT2D eigenvalue weighted by molar-refractivity contribution is 7.89. The molecule has 3 aromatic rings. The maximum atomic E-state index is 12.8. The molecule has 1 aromatic carbocycles. The van der Waals surface area contributed by atoms with Crippen LogP contribution in [0.2, 0.25) is 0 Å². The Morgan fingerprint density at radius 1 is 1.00 bits per heavy atom. The molecule has 1 saturated heterocycles. The number of hydrogen-bond acceptors (Lipinski definition) is 6. The lowest BCUT2D eigenvalue weighted by molar-refractivity contribution is 0.102. The van der Waals surface area contributed by atoms with Crippen molar-refractivity contribution < 1.29 is 13.2 Å². The number of aromatic nitrogens is 3. The number of rotatable bonds is 5. The van der Waals surface area contributed by atoms with Crippen molar-refractivity contribution in [2.45, 2.75) is 18.7 Å². The van der Waals surface area contributed by atoms with Gasteiger partial charge in [0.15, 0.2) is 5.82 Å². The van der Waals surface area contributed by atoms with Crippen LogP contribution in [0, 0.1) is 13.8 Å². The van der Waals surface area contributed by atoms with E-state index in [1.165, 1.54) is 22.6 Å². The van der Waals surface area contributed by atoms with E-state index < -0.39 is 10.0 Å². The van der Waals surface area contributed by atoms with Gasteiger partial charge in [0.1, 0.15) is 0 Å². The van der Waals surface area contributed by atoms with Crippen molar-refractivity contribution in [1.82, 2.24) is 24.0 Å². The van der Waals surface area contributed by atoms with E-state index in [0.29, 0.717) is 43.2 Å². The number of anilines is 1. The summed E-state index contributed by atoms with van der Waals surface area (Å²) in [6, 6.07) is 11.6. The number of likely N-dealkylation sites (N-methyl/N-ethyl adjacent to an activating group) is 1. The highest BCUT2D eigenvalue weighted by Gasteiger charge is 2.27. The molecule has 9 nitrogen and oxygen atoms in total. The first-order chi connectivity index (χ1) is 15.2. The molecule has 0 atom stereocenters. The molecule has 4 rings (SSSR count). The van der Waals surface area contributed by atoms with Gasteiger partial charge in [-0.25, -0.2) is 18.1 Å². The van der Waals surface area contributed by atoms with Crippen LogP contribution in [0.25, 0.3) is 5.82 Å². The van der Waals surface area contributed by atoms with E-state index in [1.54, 1.807) is 28.9 Å². The third-order valence-electron chi connectivity index (χ3n) is 5.45. The Morgan fingerprint density at radius 2 is 1.69 bits per heavy atom. The van der Waals surface area contributed by atoms with Crippen molar-refractivity contribution >= 4 is 21.6 Å². The molecule has 1 fully saturated rings. The fraction of sp³-hybridized carbons (Fsp3) is 0.318. The molecule has 32 heavy (non-hydrogen) atoms. The third kappa shape index (κ3) is 4.57. The average molecular weight is 455 g/mol. The minimum Gasteiger partial charge on any atom is -0.322 e. The molecule has 0 aliphatic carbocycles. The third-order valence-corrected chi connectivity index (χ3v) is 7.36. The Hall–Kier alpha value is -3.08. The number of sulfonamides is 1. The zero-order valence-corrected chi connectivity index (χ0v) is 19.1. The van der Waals surface area contributed by atoms with Gasteiger partial charge in [0.2, 0.25) is 10.0 Å². The molecular weight excluding hydrogens is 428 g/mol. The second-order valence-electron chi connectivity index (χ2n) is 7.93. The number of nitrogens with one attached hydrogen (secondary N) is 1. The summed E-state index contributed by atoms with van der Waals surface area (Å²) >= 11 is 0. The van der Waals surface area contributed by atoms with Crippen molar-refractivity contribution in [3.63, 3.8) is 0 Å². The summed E-state index contributed by atoms with van der Waals surface area (Å²) < 4.78 is 28.9. The highest BCUT2D eigenvalue weighted by atomic mass is 32.2. The zero-order valence-electron chi connectivity index (χ0n) is 18.3. The van der Waals surface area contributed by atoms with Crippen LogP contribution >= 0.6 is 0 Å². The molecule has 1 amide bonds. The maximum absolute atomic E-state index is 12.8.